The molecule has 0 aromatic heterocycles. The van der Waals surface area contributed by atoms with Crippen molar-refractivity contribution in [3.63, 3.8) is 0 Å². The van der Waals surface area contributed by atoms with E-state index in [-0.39, 0.29) is 13.3 Å². The Bertz CT molecular complexity index is 211. The van der Waals surface area contributed by atoms with Crippen molar-refractivity contribution < 1.29 is 17.7 Å². The van der Waals surface area contributed by atoms with Gasteiger partial charge in [0.25, 0.3) is 0 Å². The van der Waals surface area contributed by atoms with Crippen LogP contribution in [0.1, 0.15) is 0 Å². The Labute approximate surface area is 66.1 Å². The number of hydrogen-bond acceptors (Lipinski definition) is 3. The zero-order chi connectivity index (χ0) is 8.91. The molecule has 66 valence electrons. The molecule has 0 amide bonds. The van der Waals surface area contributed by atoms with E-state index in [9.17, 15) is 8.42 Å². The quantitative estimate of drug-likeness (QED) is 0.278. The van der Waals surface area contributed by atoms with Crippen LogP contribution in [0.2, 0.25) is 0 Å². The van der Waals surface area contributed by atoms with Crippen LogP contribution in [0.4, 0.5) is 0 Å². The molecule has 1 N–H and O–H groups in total. The molecule has 0 radical (unpaired) electrons. The summed E-state index contributed by atoms with van der Waals surface area (Å²) in [6, 6.07) is 0. The van der Waals surface area contributed by atoms with E-state index < -0.39 is 10.3 Å². The van der Waals surface area contributed by atoms with Gasteiger partial charge >= 0.3 is 10.3 Å². The van der Waals surface area contributed by atoms with Crippen LogP contribution in [0, 0.1) is 0 Å². The van der Waals surface area contributed by atoms with Gasteiger partial charge < -0.3 is 4.74 Å². The van der Waals surface area contributed by atoms with Crippen LogP contribution in [0.15, 0.2) is 12.7 Å². The van der Waals surface area contributed by atoms with E-state index in [1.807, 2.05) is 0 Å². The minimum absolute atomic E-state index is 0.176. The van der Waals surface area contributed by atoms with Crippen molar-refractivity contribution >= 4 is 10.3 Å². The largest absolute Gasteiger partial charge is 0.361 e. The van der Waals surface area contributed by atoms with Gasteiger partial charge in [-0.05, 0) is 0 Å². The van der Waals surface area contributed by atoms with Gasteiger partial charge in [-0.15, -0.1) is 6.58 Å². The summed E-state index contributed by atoms with van der Waals surface area (Å²) >= 11 is 0. The van der Waals surface area contributed by atoms with Crippen LogP contribution in [0.5, 0.6) is 0 Å². The summed E-state index contributed by atoms with van der Waals surface area (Å²) < 4.78 is 34.4. The van der Waals surface area contributed by atoms with E-state index in [1.165, 1.54) is 13.1 Å². The van der Waals surface area contributed by atoms with Crippen molar-refractivity contribution in [2.24, 2.45) is 0 Å². The van der Waals surface area contributed by atoms with E-state index in [4.69, 9.17) is 9.29 Å². The van der Waals surface area contributed by atoms with E-state index in [0.717, 1.165) is 0 Å². The molecule has 0 rings (SSSR count). The topological polar surface area (TPSA) is 66.8 Å². The van der Waals surface area contributed by atoms with Crippen molar-refractivity contribution in [1.82, 2.24) is 4.31 Å². The molecule has 0 heterocycles. The Morgan fingerprint density at radius 2 is 2.27 bits per heavy atom. The second-order valence-electron chi connectivity index (χ2n) is 1.86. The highest BCUT2D eigenvalue weighted by molar-refractivity contribution is 7.83. The summed E-state index contributed by atoms with van der Waals surface area (Å²) in [6.45, 7) is 3.44. The molecule has 0 atom stereocenters. The maximum absolute atomic E-state index is 10.3. The molecule has 0 aliphatic heterocycles. The summed E-state index contributed by atoms with van der Waals surface area (Å²) in [7, 11) is -2.90. The van der Waals surface area contributed by atoms with Crippen LogP contribution in [-0.4, -0.2) is 37.7 Å². The maximum atomic E-state index is 10.3. The van der Waals surface area contributed by atoms with Crippen molar-refractivity contribution in [3.05, 3.63) is 12.7 Å². The van der Waals surface area contributed by atoms with Crippen molar-refractivity contribution in [1.29, 1.82) is 0 Å². The molecule has 0 aromatic carbocycles. The molecule has 6 heteroatoms. The van der Waals surface area contributed by atoms with Crippen LogP contribution < -0.4 is 0 Å². The number of hydrogen-bond donors (Lipinski definition) is 1. The predicted octanol–water partition coefficient (Wildman–Crippen LogP) is -0.119. The zero-order valence-electron chi connectivity index (χ0n) is 6.23. The van der Waals surface area contributed by atoms with Gasteiger partial charge in [0, 0.05) is 7.05 Å². The zero-order valence-corrected chi connectivity index (χ0v) is 7.04. The average molecular weight is 181 g/mol. The molecule has 0 aromatic rings. The fraction of sp³-hybridized carbons (Fsp3) is 0.600. The first-order chi connectivity index (χ1) is 4.98. The average Bonchev–Trinajstić information content (AvgIpc) is 1.86. The Morgan fingerprint density at radius 1 is 1.73 bits per heavy atom. The van der Waals surface area contributed by atoms with Crippen molar-refractivity contribution in [3.8, 4) is 0 Å². The highest BCUT2D eigenvalue weighted by Crippen LogP contribution is 1.91. The molecule has 0 spiro atoms. The fourth-order valence-corrected chi connectivity index (χ4v) is 0.539. The molecule has 0 fully saturated rings. The van der Waals surface area contributed by atoms with Gasteiger partial charge in [-0.2, -0.15) is 12.7 Å². The minimum atomic E-state index is -4.11. The molecule has 0 saturated carbocycles. The van der Waals surface area contributed by atoms with Gasteiger partial charge in [0.05, 0.1) is 6.61 Å². The Morgan fingerprint density at radius 3 is 2.64 bits per heavy atom. The molecule has 5 nitrogen and oxygen atoms in total. The monoisotopic (exact) mass is 181 g/mol. The summed E-state index contributed by atoms with van der Waals surface area (Å²) in [6.07, 6.45) is 1.48. The standard InChI is InChI=1S/C5H11NO4S/c1-3-4-10-5-6(2)11(7,8)9/h3H,1,4-5H2,2H3,(H,7,8,9). The van der Waals surface area contributed by atoms with Gasteiger partial charge in [0.1, 0.15) is 6.73 Å². The molecular formula is C5H11NO4S. The smallest absolute Gasteiger partial charge is 0.337 e. The van der Waals surface area contributed by atoms with Crippen molar-refractivity contribution in [2.75, 3.05) is 20.4 Å². The van der Waals surface area contributed by atoms with Crippen LogP contribution in [0.3, 0.4) is 0 Å². The second-order valence-corrected chi connectivity index (χ2v) is 3.38. The highest BCUT2D eigenvalue weighted by Gasteiger charge is 2.11. The number of nitrogens with zero attached hydrogens (tertiary/aromatic N) is 1. The normalized spacial score (nSPS) is 11.9. The van der Waals surface area contributed by atoms with Crippen LogP contribution >= 0.6 is 0 Å². The third-order valence-electron chi connectivity index (χ3n) is 0.903. The molecule has 0 unspecified atom stereocenters. The van der Waals surface area contributed by atoms with E-state index in [2.05, 4.69) is 6.58 Å². The van der Waals surface area contributed by atoms with Gasteiger partial charge in [-0.25, -0.2) is 0 Å². The lowest BCUT2D eigenvalue weighted by Gasteiger charge is -2.11. The third-order valence-corrected chi connectivity index (χ3v) is 1.80. The lowest BCUT2D eigenvalue weighted by atomic mass is 10.7. The van der Waals surface area contributed by atoms with E-state index in [1.54, 1.807) is 0 Å². The fourth-order valence-electron chi connectivity index (χ4n) is 0.331. The second kappa shape index (κ2) is 4.45. The lowest BCUT2D eigenvalue weighted by molar-refractivity contribution is 0.0980. The summed E-state index contributed by atoms with van der Waals surface area (Å²) in [5.74, 6) is 0. The Hall–Kier alpha value is -0.430. The summed E-state index contributed by atoms with van der Waals surface area (Å²) in [4.78, 5) is 0. The number of ether oxygens (including phenoxy) is 1. The van der Waals surface area contributed by atoms with E-state index in [0.29, 0.717) is 4.31 Å². The predicted molar refractivity (Wildman–Crippen MR) is 40.3 cm³/mol. The van der Waals surface area contributed by atoms with Gasteiger partial charge in [0.2, 0.25) is 0 Å². The molecule has 0 aliphatic carbocycles. The SMILES string of the molecule is C=CCOCN(C)S(=O)(=O)O. The first kappa shape index (κ1) is 10.6. The van der Waals surface area contributed by atoms with Crippen molar-refractivity contribution in [2.45, 2.75) is 0 Å². The van der Waals surface area contributed by atoms with Crippen LogP contribution in [0.25, 0.3) is 0 Å². The lowest BCUT2D eigenvalue weighted by Crippen LogP contribution is -2.28. The molecular weight excluding hydrogens is 170 g/mol. The maximum Gasteiger partial charge on any atom is 0.337 e. The first-order valence-corrected chi connectivity index (χ1v) is 4.25. The summed E-state index contributed by atoms with van der Waals surface area (Å²) in [5.41, 5.74) is 0. The van der Waals surface area contributed by atoms with Gasteiger partial charge in [-0.1, -0.05) is 6.08 Å². The third kappa shape index (κ3) is 4.91. The highest BCUT2D eigenvalue weighted by atomic mass is 32.2. The Balaban J connectivity index is 3.70. The molecule has 0 saturated heterocycles. The van der Waals surface area contributed by atoms with Gasteiger partial charge in [-0.3, -0.25) is 4.55 Å². The molecule has 0 bridgehead atoms. The molecule has 0 aliphatic rings. The minimum Gasteiger partial charge on any atom is -0.361 e. The first-order valence-electron chi connectivity index (χ1n) is 2.86. The van der Waals surface area contributed by atoms with E-state index >= 15 is 0 Å². The van der Waals surface area contributed by atoms with Crippen LogP contribution in [-0.2, 0) is 15.0 Å². The molecule has 11 heavy (non-hydrogen) atoms. The Kier molecular flexibility index (Phi) is 4.27. The summed E-state index contributed by atoms with van der Waals surface area (Å²) in [5, 5.41) is 0. The number of rotatable bonds is 5. The van der Waals surface area contributed by atoms with Gasteiger partial charge in [0.15, 0.2) is 0 Å².